The molecule has 100 valence electrons. The third kappa shape index (κ3) is 4.02. The highest BCUT2D eigenvalue weighted by molar-refractivity contribution is 14.1. The van der Waals surface area contributed by atoms with E-state index in [1.54, 1.807) is 0 Å². The van der Waals surface area contributed by atoms with Gasteiger partial charge in [-0.25, -0.2) is 0 Å². The molecule has 4 heteroatoms. The molecule has 0 aromatic heterocycles. The molecule has 0 aliphatic carbocycles. The number of benzene rings is 2. The van der Waals surface area contributed by atoms with Gasteiger partial charge in [0.15, 0.2) is 0 Å². The lowest BCUT2D eigenvalue weighted by Crippen LogP contribution is -2.29. The lowest BCUT2D eigenvalue weighted by atomic mass is 9.98. The van der Waals surface area contributed by atoms with E-state index < -0.39 is 0 Å². The minimum atomic E-state index is 0.131. The molecule has 0 saturated carbocycles. The SMILES string of the molecule is Cc1cc(C(Cc2ccc(I)cc2)NN)ccc1Br. The summed E-state index contributed by atoms with van der Waals surface area (Å²) in [5.41, 5.74) is 6.62. The number of halogens is 2. The molecule has 2 aromatic rings. The van der Waals surface area contributed by atoms with E-state index in [1.165, 1.54) is 20.3 Å². The maximum Gasteiger partial charge on any atom is 0.0500 e. The van der Waals surface area contributed by atoms with Crippen molar-refractivity contribution in [2.24, 2.45) is 5.84 Å². The van der Waals surface area contributed by atoms with E-state index >= 15 is 0 Å². The van der Waals surface area contributed by atoms with Crippen LogP contribution in [-0.4, -0.2) is 0 Å². The van der Waals surface area contributed by atoms with Crippen LogP contribution in [0.3, 0.4) is 0 Å². The van der Waals surface area contributed by atoms with E-state index in [1.807, 2.05) is 0 Å². The van der Waals surface area contributed by atoms with Gasteiger partial charge in [-0.05, 0) is 70.8 Å². The quantitative estimate of drug-likeness (QED) is 0.435. The summed E-state index contributed by atoms with van der Waals surface area (Å²) in [5, 5.41) is 0. The van der Waals surface area contributed by atoms with Gasteiger partial charge in [0.2, 0.25) is 0 Å². The third-order valence-corrected chi connectivity index (χ3v) is 4.75. The fourth-order valence-electron chi connectivity index (χ4n) is 2.01. The van der Waals surface area contributed by atoms with Crippen molar-refractivity contribution in [3.05, 3.63) is 67.2 Å². The van der Waals surface area contributed by atoms with Crippen molar-refractivity contribution in [3.63, 3.8) is 0 Å². The van der Waals surface area contributed by atoms with Crippen LogP contribution in [0.25, 0.3) is 0 Å². The second kappa shape index (κ2) is 6.83. The Morgan fingerprint density at radius 2 is 1.89 bits per heavy atom. The Hall–Kier alpha value is -0.430. The van der Waals surface area contributed by atoms with Crippen LogP contribution in [-0.2, 0) is 6.42 Å². The van der Waals surface area contributed by atoms with Crippen LogP contribution in [0.15, 0.2) is 46.9 Å². The molecule has 0 fully saturated rings. The Kier molecular flexibility index (Phi) is 5.38. The fraction of sp³-hybridized carbons (Fsp3) is 0.200. The summed E-state index contributed by atoms with van der Waals surface area (Å²) in [7, 11) is 0. The van der Waals surface area contributed by atoms with Gasteiger partial charge in [0, 0.05) is 14.1 Å². The average molecular weight is 431 g/mol. The van der Waals surface area contributed by atoms with Crippen molar-refractivity contribution < 1.29 is 0 Å². The second-order valence-electron chi connectivity index (χ2n) is 4.56. The van der Waals surface area contributed by atoms with Gasteiger partial charge in [0.05, 0.1) is 0 Å². The summed E-state index contributed by atoms with van der Waals surface area (Å²) >= 11 is 5.84. The summed E-state index contributed by atoms with van der Waals surface area (Å²) in [4.78, 5) is 0. The summed E-state index contributed by atoms with van der Waals surface area (Å²) in [6.07, 6.45) is 0.883. The molecule has 1 unspecified atom stereocenters. The number of nitrogens with one attached hydrogen (secondary N) is 1. The van der Waals surface area contributed by atoms with Crippen LogP contribution in [0.1, 0.15) is 22.7 Å². The van der Waals surface area contributed by atoms with E-state index in [0.717, 1.165) is 10.9 Å². The summed E-state index contributed by atoms with van der Waals surface area (Å²) < 4.78 is 2.37. The number of rotatable bonds is 4. The molecule has 1 atom stereocenters. The molecule has 0 saturated heterocycles. The molecule has 0 radical (unpaired) electrons. The van der Waals surface area contributed by atoms with Gasteiger partial charge >= 0.3 is 0 Å². The number of hydrogen-bond donors (Lipinski definition) is 2. The zero-order chi connectivity index (χ0) is 13.8. The maximum atomic E-state index is 5.71. The molecule has 2 aromatic carbocycles. The Balaban J connectivity index is 2.19. The zero-order valence-corrected chi connectivity index (χ0v) is 14.4. The molecule has 2 nitrogen and oxygen atoms in total. The van der Waals surface area contributed by atoms with Crippen LogP contribution in [0, 0.1) is 10.5 Å². The molecule has 0 bridgehead atoms. The van der Waals surface area contributed by atoms with E-state index in [4.69, 9.17) is 5.84 Å². The number of hydrogen-bond acceptors (Lipinski definition) is 2. The lowest BCUT2D eigenvalue weighted by molar-refractivity contribution is 0.551. The van der Waals surface area contributed by atoms with Gasteiger partial charge in [-0.2, -0.15) is 0 Å². The molecule has 0 spiro atoms. The van der Waals surface area contributed by atoms with Crippen molar-refractivity contribution in [1.29, 1.82) is 0 Å². The smallest absolute Gasteiger partial charge is 0.0500 e. The Morgan fingerprint density at radius 3 is 2.47 bits per heavy atom. The van der Waals surface area contributed by atoms with Crippen LogP contribution in [0.2, 0.25) is 0 Å². The maximum absolute atomic E-state index is 5.71. The molecule has 3 N–H and O–H groups in total. The van der Waals surface area contributed by atoms with E-state index in [-0.39, 0.29) is 6.04 Å². The number of nitrogens with two attached hydrogens (primary N) is 1. The van der Waals surface area contributed by atoms with Crippen LogP contribution < -0.4 is 11.3 Å². The monoisotopic (exact) mass is 430 g/mol. The summed E-state index contributed by atoms with van der Waals surface area (Å²) in [6, 6.07) is 15.0. The highest BCUT2D eigenvalue weighted by atomic mass is 127. The van der Waals surface area contributed by atoms with Gasteiger partial charge < -0.3 is 0 Å². The normalized spacial score (nSPS) is 12.4. The minimum absolute atomic E-state index is 0.131. The van der Waals surface area contributed by atoms with E-state index in [2.05, 4.69) is 93.3 Å². The summed E-state index contributed by atoms with van der Waals surface area (Å²) in [5.74, 6) is 5.71. The highest BCUT2D eigenvalue weighted by Gasteiger charge is 2.11. The van der Waals surface area contributed by atoms with Gasteiger partial charge in [-0.1, -0.05) is 40.2 Å². The van der Waals surface area contributed by atoms with Crippen LogP contribution in [0.5, 0.6) is 0 Å². The van der Waals surface area contributed by atoms with Crippen molar-refractivity contribution >= 4 is 38.5 Å². The Bertz CT molecular complexity index is 555. The first-order valence-electron chi connectivity index (χ1n) is 6.07. The first-order valence-corrected chi connectivity index (χ1v) is 7.94. The standard InChI is InChI=1S/C15H16BrIN2/c1-10-8-12(4-7-14(10)16)15(19-18)9-11-2-5-13(17)6-3-11/h2-8,15,19H,9,18H2,1H3. The molecule has 0 aliphatic heterocycles. The van der Waals surface area contributed by atoms with Gasteiger partial charge in [0.1, 0.15) is 0 Å². The molecule has 0 heterocycles. The lowest BCUT2D eigenvalue weighted by Gasteiger charge is -2.17. The second-order valence-corrected chi connectivity index (χ2v) is 6.66. The van der Waals surface area contributed by atoms with Gasteiger partial charge in [-0.15, -0.1) is 0 Å². The predicted molar refractivity (Wildman–Crippen MR) is 91.8 cm³/mol. The van der Waals surface area contributed by atoms with Crippen molar-refractivity contribution in [2.75, 3.05) is 0 Å². The van der Waals surface area contributed by atoms with Crippen molar-refractivity contribution in [2.45, 2.75) is 19.4 Å². The molecule has 0 aliphatic rings. The minimum Gasteiger partial charge on any atom is -0.271 e. The number of aryl methyl sites for hydroxylation is 1. The van der Waals surface area contributed by atoms with Crippen LogP contribution in [0.4, 0.5) is 0 Å². The fourth-order valence-corrected chi connectivity index (χ4v) is 2.62. The zero-order valence-electron chi connectivity index (χ0n) is 10.7. The van der Waals surface area contributed by atoms with E-state index in [0.29, 0.717) is 0 Å². The Morgan fingerprint density at radius 1 is 1.21 bits per heavy atom. The van der Waals surface area contributed by atoms with Crippen molar-refractivity contribution in [1.82, 2.24) is 5.43 Å². The average Bonchev–Trinajstić information content (AvgIpc) is 2.41. The molecule has 19 heavy (non-hydrogen) atoms. The highest BCUT2D eigenvalue weighted by Crippen LogP contribution is 2.23. The molecular weight excluding hydrogens is 415 g/mol. The first kappa shape index (κ1) is 15.0. The van der Waals surface area contributed by atoms with Gasteiger partial charge in [-0.3, -0.25) is 11.3 Å². The largest absolute Gasteiger partial charge is 0.271 e. The van der Waals surface area contributed by atoms with Crippen LogP contribution >= 0.6 is 38.5 Å². The summed E-state index contributed by atoms with van der Waals surface area (Å²) in [6.45, 7) is 2.09. The van der Waals surface area contributed by atoms with Gasteiger partial charge in [0.25, 0.3) is 0 Å². The molecule has 0 amide bonds. The first-order chi connectivity index (χ1) is 9.10. The van der Waals surface area contributed by atoms with Crippen molar-refractivity contribution in [3.8, 4) is 0 Å². The number of hydrazine groups is 1. The molecule has 2 rings (SSSR count). The Labute approximate surface area is 136 Å². The predicted octanol–water partition coefficient (Wildman–Crippen LogP) is 4.11. The topological polar surface area (TPSA) is 38.0 Å². The third-order valence-electron chi connectivity index (χ3n) is 3.14. The molecular formula is C15H16BrIN2. The van der Waals surface area contributed by atoms with E-state index in [9.17, 15) is 0 Å².